The molecule has 0 amide bonds. The number of anilines is 1. The first-order valence-corrected chi connectivity index (χ1v) is 10.2. The van der Waals surface area contributed by atoms with Gasteiger partial charge in [-0.2, -0.15) is 0 Å². The van der Waals surface area contributed by atoms with Gasteiger partial charge in [0.25, 0.3) is 0 Å². The van der Waals surface area contributed by atoms with Crippen LogP contribution in [0.4, 0.5) is 10.1 Å². The molecule has 0 radical (unpaired) electrons. The Bertz CT molecular complexity index is 942. The summed E-state index contributed by atoms with van der Waals surface area (Å²) in [4.78, 5) is 0. The van der Waals surface area contributed by atoms with Crippen LogP contribution >= 0.6 is 12.2 Å². The lowest BCUT2D eigenvalue weighted by atomic mass is 10.2. The summed E-state index contributed by atoms with van der Waals surface area (Å²) in [6.07, 6.45) is 0.145. The average molecular weight is 425 g/mol. The highest BCUT2D eigenvalue weighted by molar-refractivity contribution is 7.80. The third-order valence-electron chi connectivity index (χ3n) is 4.18. The van der Waals surface area contributed by atoms with Crippen molar-refractivity contribution < 1.29 is 13.9 Å². The molecule has 3 aromatic carbocycles. The first kappa shape index (κ1) is 21.6. The second-order valence-electron chi connectivity index (χ2n) is 7.06. The van der Waals surface area contributed by atoms with E-state index in [0.29, 0.717) is 18.3 Å². The van der Waals surface area contributed by atoms with Gasteiger partial charge in [-0.05, 0) is 85.7 Å². The van der Waals surface area contributed by atoms with E-state index >= 15 is 0 Å². The molecule has 0 fully saturated rings. The zero-order valence-electron chi connectivity index (χ0n) is 17.0. The molecule has 0 aromatic heterocycles. The summed E-state index contributed by atoms with van der Waals surface area (Å²) in [5.41, 5.74) is 2.89. The SMILES string of the molecule is CC(C)Oc1ccc(NC(=S)NCc2ccc(OCc3ccc(F)cc3)cc2)cc1. The minimum atomic E-state index is -0.250. The van der Waals surface area contributed by atoms with Gasteiger partial charge in [0.2, 0.25) is 0 Å². The molecule has 3 aromatic rings. The van der Waals surface area contributed by atoms with Crippen molar-refractivity contribution in [2.45, 2.75) is 33.1 Å². The van der Waals surface area contributed by atoms with Crippen LogP contribution in [0.25, 0.3) is 0 Å². The monoisotopic (exact) mass is 424 g/mol. The fourth-order valence-corrected chi connectivity index (χ4v) is 2.89. The zero-order chi connectivity index (χ0) is 21.3. The zero-order valence-corrected chi connectivity index (χ0v) is 17.8. The van der Waals surface area contributed by atoms with Crippen molar-refractivity contribution in [1.29, 1.82) is 0 Å². The van der Waals surface area contributed by atoms with Crippen LogP contribution < -0.4 is 20.1 Å². The lowest BCUT2D eigenvalue weighted by Crippen LogP contribution is -2.27. The molecule has 6 heteroatoms. The van der Waals surface area contributed by atoms with Crippen LogP contribution in [0, 0.1) is 5.82 Å². The van der Waals surface area contributed by atoms with E-state index in [9.17, 15) is 4.39 Å². The van der Waals surface area contributed by atoms with Crippen LogP contribution in [0.1, 0.15) is 25.0 Å². The van der Waals surface area contributed by atoms with E-state index in [1.807, 2.05) is 62.4 Å². The summed E-state index contributed by atoms with van der Waals surface area (Å²) in [7, 11) is 0. The van der Waals surface area contributed by atoms with Gasteiger partial charge in [-0.1, -0.05) is 24.3 Å². The van der Waals surface area contributed by atoms with Gasteiger partial charge in [-0.3, -0.25) is 0 Å². The lowest BCUT2D eigenvalue weighted by Gasteiger charge is -2.13. The molecule has 156 valence electrons. The summed E-state index contributed by atoms with van der Waals surface area (Å²) < 4.78 is 24.3. The first-order valence-electron chi connectivity index (χ1n) is 9.76. The summed E-state index contributed by atoms with van der Waals surface area (Å²) in [6.45, 7) is 4.98. The summed E-state index contributed by atoms with van der Waals surface area (Å²) in [5.74, 6) is 1.34. The highest BCUT2D eigenvalue weighted by atomic mass is 32.1. The smallest absolute Gasteiger partial charge is 0.171 e. The normalized spacial score (nSPS) is 10.5. The minimum Gasteiger partial charge on any atom is -0.491 e. The Morgan fingerprint density at radius 2 is 1.47 bits per heavy atom. The van der Waals surface area contributed by atoms with Crippen molar-refractivity contribution in [3.63, 3.8) is 0 Å². The second kappa shape index (κ2) is 10.6. The molecule has 0 saturated heterocycles. The summed E-state index contributed by atoms with van der Waals surface area (Å²) in [6, 6.07) is 21.7. The van der Waals surface area contributed by atoms with Gasteiger partial charge in [0, 0.05) is 12.2 Å². The highest BCUT2D eigenvalue weighted by Crippen LogP contribution is 2.17. The van der Waals surface area contributed by atoms with Crippen molar-refractivity contribution >= 4 is 23.0 Å². The number of rotatable bonds is 8. The molecule has 0 aliphatic heterocycles. The van der Waals surface area contributed by atoms with Crippen molar-refractivity contribution in [3.8, 4) is 11.5 Å². The largest absolute Gasteiger partial charge is 0.491 e. The molecule has 0 aliphatic carbocycles. The number of halogens is 1. The molecule has 0 unspecified atom stereocenters. The Morgan fingerprint density at radius 3 is 2.10 bits per heavy atom. The number of hydrogen-bond donors (Lipinski definition) is 2. The van der Waals surface area contributed by atoms with E-state index in [4.69, 9.17) is 21.7 Å². The Morgan fingerprint density at radius 1 is 0.867 bits per heavy atom. The first-order chi connectivity index (χ1) is 14.5. The number of thiocarbonyl (C=S) groups is 1. The van der Waals surface area contributed by atoms with Gasteiger partial charge in [0.05, 0.1) is 6.10 Å². The molecule has 4 nitrogen and oxygen atoms in total. The highest BCUT2D eigenvalue weighted by Gasteiger charge is 2.02. The molecular formula is C24H25FN2O2S. The fourth-order valence-electron chi connectivity index (χ4n) is 2.70. The Labute approximate surface area is 182 Å². The number of benzene rings is 3. The molecule has 0 heterocycles. The molecule has 0 saturated carbocycles. The van der Waals surface area contributed by atoms with Crippen LogP contribution in [0.3, 0.4) is 0 Å². The Hall–Kier alpha value is -3.12. The number of hydrogen-bond acceptors (Lipinski definition) is 3. The molecular weight excluding hydrogens is 399 g/mol. The third kappa shape index (κ3) is 7.04. The standard InChI is InChI=1S/C24H25FN2O2S/c1-17(2)29-23-13-9-21(10-14-23)27-24(30)26-15-18-5-11-22(12-6-18)28-16-19-3-7-20(25)8-4-19/h3-14,17H,15-16H2,1-2H3,(H2,26,27,30). The fraction of sp³-hybridized carbons (Fsp3) is 0.208. The maximum absolute atomic E-state index is 12.9. The second-order valence-corrected chi connectivity index (χ2v) is 7.47. The van der Waals surface area contributed by atoms with E-state index in [1.54, 1.807) is 12.1 Å². The maximum atomic E-state index is 12.9. The van der Waals surface area contributed by atoms with Crippen molar-refractivity contribution in [2.24, 2.45) is 0 Å². The Kier molecular flexibility index (Phi) is 7.63. The van der Waals surface area contributed by atoms with Crippen LogP contribution in [-0.4, -0.2) is 11.2 Å². The predicted molar refractivity (Wildman–Crippen MR) is 122 cm³/mol. The van der Waals surface area contributed by atoms with Crippen LogP contribution in [0.15, 0.2) is 72.8 Å². The molecule has 0 bridgehead atoms. The molecule has 2 N–H and O–H groups in total. The quantitative estimate of drug-likeness (QED) is 0.456. The summed E-state index contributed by atoms with van der Waals surface area (Å²) >= 11 is 5.36. The van der Waals surface area contributed by atoms with Crippen LogP contribution in [0.5, 0.6) is 11.5 Å². The van der Waals surface area contributed by atoms with Gasteiger partial charge in [0.1, 0.15) is 23.9 Å². The van der Waals surface area contributed by atoms with E-state index in [1.165, 1.54) is 12.1 Å². The maximum Gasteiger partial charge on any atom is 0.171 e. The topological polar surface area (TPSA) is 42.5 Å². The van der Waals surface area contributed by atoms with Crippen molar-refractivity contribution in [1.82, 2.24) is 5.32 Å². The van der Waals surface area contributed by atoms with Gasteiger partial charge in [-0.15, -0.1) is 0 Å². The third-order valence-corrected chi connectivity index (χ3v) is 4.43. The van der Waals surface area contributed by atoms with Gasteiger partial charge in [-0.25, -0.2) is 4.39 Å². The van der Waals surface area contributed by atoms with Crippen LogP contribution in [0.2, 0.25) is 0 Å². The van der Waals surface area contributed by atoms with Gasteiger partial charge < -0.3 is 20.1 Å². The van der Waals surface area contributed by atoms with Crippen LogP contribution in [-0.2, 0) is 13.2 Å². The molecule has 3 rings (SSSR count). The van der Waals surface area contributed by atoms with E-state index < -0.39 is 0 Å². The number of ether oxygens (including phenoxy) is 2. The van der Waals surface area contributed by atoms with Gasteiger partial charge >= 0.3 is 0 Å². The van der Waals surface area contributed by atoms with Gasteiger partial charge in [0.15, 0.2) is 5.11 Å². The average Bonchev–Trinajstić information content (AvgIpc) is 2.74. The number of nitrogens with one attached hydrogen (secondary N) is 2. The lowest BCUT2D eigenvalue weighted by molar-refractivity contribution is 0.242. The Balaban J connectivity index is 1.42. The molecule has 0 atom stereocenters. The van der Waals surface area contributed by atoms with E-state index in [-0.39, 0.29) is 11.9 Å². The molecule has 30 heavy (non-hydrogen) atoms. The summed E-state index contributed by atoms with van der Waals surface area (Å²) in [5, 5.41) is 6.90. The van der Waals surface area contributed by atoms with Crippen molar-refractivity contribution in [3.05, 3.63) is 89.7 Å². The molecule has 0 spiro atoms. The molecule has 0 aliphatic rings. The van der Waals surface area contributed by atoms with E-state index in [0.717, 1.165) is 28.3 Å². The van der Waals surface area contributed by atoms with Crippen molar-refractivity contribution in [2.75, 3.05) is 5.32 Å². The minimum absolute atomic E-state index is 0.145. The van der Waals surface area contributed by atoms with E-state index in [2.05, 4.69) is 10.6 Å². The predicted octanol–water partition coefficient (Wildman–Crippen LogP) is 5.68.